The Hall–Kier alpha value is -3.39. The fourth-order valence-corrected chi connectivity index (χ4v) is 4.38. The molecule has 0 radical (unpaired) electrons. The fourth-order valence-electron chi connectivity index (χ4n) is 3.09. The van der Waals surface area contributed by atoms with Gasteiger partial charge in [0.25, 0.3) is 5.91 Å². The van der Waals surface area contributed by atoms with E-state index in [1.54, 1.807) is 20.0 Å². The van der Waals surface area contributed by atoms with Crippen LogP contribution in [0.5, 0.6) is 5.75 Å². The van der Waals surface area contributed by atoms with Crippen LogP contribution in [0.2, 0.25) is 0 Å². The van der Waals surface area contributed by atoms with Crippen LogP contribution in [0, 0.1) is 6.92 Å². The molecule has 1 N–H and O–H groups in total. The van der Waals surface area contributed by atoms with Crippen LogP contribution in [0.1, 0.15) is 29.8 Å². The van der Waals surface area contributed by atoms with Crippen LogP contribution in [0.3, 0.4) is 0 Å². The molecule has 8 heteroatoms. The summed E-state index contributed by atoms with van der Waals surface area (Å²) in [5.41, 5.74) is 1.86. The first-order chi connectivity index (χ1) is 14.8. The van der Waals surface area contributed by atoms with E-state index in [-0.39, 0.29) is 30.6 Å². The van der Waals surface area contributed by atoms with Gasteiger partial charge in [0.2, 0.25) is 5.91 Å². The predicted octanol–water partition coefficient (Wildman–Crippen LogP) is 4.39. The minimum absolute atomic E-state index is 0.173. The highest BCUT2D eigenvalue weighted by atomic mass is 32.1. The molecule has 3 aromatic rings. The zero-order chi connectivity index (χ0) is 22.5. The van der Waals surface area contributed by atoms with Crippen molar-refractivity contribution in [3.05, 3.63) is 53.6 Å². The van der Waals surface area contributed by atoms with Crippen LogP contribution in [0.25, 0.3) is 10.1 Å². The molecule has 0 saturated heterocycles. The number of ether oxygens (including phenoxy) is 2. The first kappa shape index (κ1) is 22.3. The second-order valence-corrected chi connectivity index (χ2v) is 7.89. The molecule has 0 unspecified atom stereocenters. The molecular weight excluding hydrogens is 416 g/mol. The number of aryl methyl sites for hydroxylation is 1. The molecule has 0 fully saturated rings. The Bertz CT molecular complexity index is 1120. The third-order valence-corrected chi connectivity index (χ3v) is 5.76. The number of hydrogen-bond acceptors (Lipinski definition) is 6. The number of nitrogens with zero attached hydrogens (tertiary/aromatic N) is 1. The monoisotopic (exact) mass is 440 g/mol. The number of likely N-dealkylation sites (N-methyl/N-ethyl adjacent to an activating group) is 1. The lowest BCUT2D eigenvalue weighted by atomic mass is 10.1. The van der Waals surface area contributed by atoms with Crippen LogP contribution in [-0.4, -0.2) is 38.0 Å². The van der Waals surface area contributed by atoms with Crippen LogP contribution in [0.4, 0.5) is 10.7 Å². The number of benzene rings is 2. The summed E-state index contributed by atoms with van der Waals surface area (Å²) >= 11 is 1.22. The first-order valence-corrected chi connectivity index (χ1v) is 10.6. The van der Waals surface area contributed by atoms with Crippen molar-refractivity contribution in [2.24, 2.45) is 0 Å². The molecule has 0 bridgehead atoms. The van der Waals surface area contributed by atoms with Crippen molar-refractivity contribution >= 4 is 49.9 Å². The molecule has 3 rings (SSSR count). The van der Waals surface area contributed by atoms with E-state index in [2.05, 4.69) is 5.32 Å². The van der Waals surface area contributed by atoms with Crippen molar-refractivity contribution in [3.63, 3.8) is 0 Å². The molecule has 0 aliphatic rings. The molecule has 2 aromatic carbocycles. The summed E-state index contributed by atoms with van der Waals surface area (Å²) in [5, 5.41) is 3.70. The third-order valence-electron chi connectivity index (χ3n) is 4.64. The Morgan fingerprint density at radius 1 is 1.10 bits per heavy atom. The number of carbonyl (C=O) groups excluding carboxylic acids is 3. The summed E-state index contributed by atoms with van der Waals surface area (Å²) in [4.78, 5) is 38.4. The molecule has 1 heterocycles. The van der Waals surface area contributed by atoms with Gasteiger partial charge >= 0.3 is 5.97 Å². The number of esters is 1. The Labute approximate surface area is 184 Å². The molecule has 7 nitrogen and oxygen atoms in total. The second-order valence-electron chi connectivity index (χ2n) is 6.87. The van der Waals surface area contributed by atoms with Gasteiger partial charge < -0.3 is 19.7 Å². The first-order valence-electron chi connectivity index (χ1n) is 9.78. The van der Waals surface area contributed by atoms with E-state index >= 15 is 0 Å². The largest absolute Gasteiger partial charge is 0.482 e. The lowest BCUT2D eigenvalue weighted by Gasteiger charge is -2.18. The minimum Gasteiger partial charge on any atom is -0.482 e. The van der Waals surface area contributed by atoms with Gasteiger partial charge in [-0.3, -0.25) is 9.59 Å². The molecule has 0 aliphatic carbocycles. The molecule has 2 amide bonds. The Morgan fingerprint density at radius 2 is 1.81 bits per heavy atom. The van der Waals surface area contributed by atoms with E-state index in [9.17, 15) is 14.4 Å². The highest BCUT2D eigenvalue weighted by Crippen LogP contribution is 2.42. The number of anilines is 2. The zero-order valence-electron chi connectivity index (χ0n) is 17.9. The van der Waals surface area contributed by atoms with Crippen LogP contribution < -0.4 is 15.0 Å². The number of hydrogen-bond donors (Lipinski definition) is 1. The molecule has 162 valence electrons. The maximum atomic E-state index is 12.6. The van der Waals surface area contributed by atoms with E-state index in [1.807, 2.05) is 43.3 Å². The number of fused-ring (bicyclic) bond motifs is 1. The van der Waals surface area contributed by atoms with Crippen molar-refractivity contribution in [2.75, 3.05) is 30.5 Å². The summed E-state index contributed by atoms with van der Waals surface area (Å²) in [6.45, 7) is 5.00. The van der Waals surface area contributed by atoms with Gasteiger partial charge in [-0.25, -0.2) is 4.79 Å². The zero-order valence-corrected chi connectivity index (χ0v) is 18.7. The van der Waals surface area contributed by atoms with Crippen LogP contribution in [-0.2, 0) is 14.3 Å². The third kappa shape index (κ3) is 4.86. The number of rotatable bonds is 7. The normalized spacial score (nSPS) is 10.6. The second kappa shape index (κ2) is 9.61. The van der Waals surface area contributed by atoms with E-state index in [0.29, 0.717) is 20.8 Å². The van der Waals surface area contributed by atoms with Crippen LogP contribution in [0.15, 0.2) is 42.5 Å². The van der Waals surface area contributed by atoms with Gasteiger partial charge in [0, 0.05) is 25.0 Å². The average molecular weight is 441 g/mol. The Morgan fingerprint density at radius 3 is 2.45 bits per heavy atom. The van der Waals surface area contributed by atoms with Gasteiger partial charge in [0.05, 0.1) is 11.3 Å². The van der Waals surface area contributed by atoms with Crippen molar-refractivity contribution in [1.29, 1.82) is 0 Å². The van der Waals surface area contributed by atoms with Gasteiger partial charge in [-0.15, -0.1) is 11.3 Å². The maximum Gasteiger partial charge on any atom is 0.341 e. The van der Waals surface area contributed by atoms with E-state index in [4.69, 9.17) is 9.47 Å². The van der Waals surface area contributed by atoms with E-state index in [0.717, 1.165) is 11.3 Å². The SMILES string of the molecule is CCOC(=O)c1c(NC(C)=O)sc2c(OCC(=O)N(C)c3ccccc3)c(C)ccc12. The average Bonchev–Trinajstić information content (AvgIpc) is 3.10. The van der Waals surface area contributed by atoms with Gasteiger partial charge in [-0.05, 0) is 31.5 Å². The Balaban J connectivity index is 1.95. The maximum absolute atomic E-state index is 12.6. The van der Waals surface area contributed by atoms with Crippen molar-refractivity contribution in [2.45, 2.75) is 20.8 Å². The molecule has 31 heavy (non-hydrogen) atoms. The summed E-state index contributed by atoms with van der Waals surface area (Å²) in [7, 11) is 1.69. The lowest BCUT2D eigenvalue weighted by molar-refractivity contribution is -0.120. The predicted molar refractivity (Wildman–Crippen MR) is 122 cm³/mol. The molecule has 0 atom stereocenters. The van der Waals surface area contributed by atoms with Gasteiger partial charge in [0.15, 0.2) is 6.61 Å². The van der Waals surface area contributed by atoms with Crippen molar-refractivity contribution in [1.82, 2.24) is 0 Å². The van der Waals surface area contributed by atoms with E-state index < -0.39 is 5.97 Å². The molecule has 0 saturated carbocycles. The minimum atomic E-state index is -0.521. The molecule has 1 aromatic heterocycles. The lowest BCUT2D eigenvalue weighted by Crippen LogP contribution is -2.31. The summed E-state index contributed by atoms with van der Waals surface area (Å²) in [5.74, 6) is -0.533. The number of nitrogens with one attached hydrogen (secondary N) is 1. The summed E-state index contributed by atoms with van der Waals surface area (Å²) < 4.78 is 11.8. The summed E-state index contributed by atoms with van der Waals surface area (Å²) in [6.07, 6.45) is 0. The smallest absolute Gasteiger partial charge is 0.341 e. The number of carbonyl (C=O) groups is 3. The highest BCUT2D eigenvalue weighted by Gasteiger charge is 2.24. The topological polar surface area (TPSA) is 84.9 Å². The van der Waals surface area contributed by atoms with Crippen LogP contribution >= 0.6 is 11.3 Å². The number of amides is 2. The van der Waals surface area contributed by atoms with E-state index in [1.165, 1.54) is 23.2 Å². The number of thiophene rings is 1. The van der Waals surface area contributed by atoms with Gasteiger partial charge in [0.1, 0.15) is 16.3 Å². The molecular formula is C23H24N2O5S. The highest BCUT2D eigenvalue weighted by molar-refractivity contribution is 7.24. The Kier molecular flexibility index (Phi) is 6.91. The summed E-state index contributed by atoms with van der Waals surface area (Å²) in [6, 6.07) is 12.9. The van der Waals surface area contributed by atoms with Crippen molar-refractivity contribution in [3.8, 4) is 5.75 Å². The van der Waals surface area contributed by atoms with Gasteiger partial charge in [-0.2, -0.15) is 0 Å². The number of para-hydroxylation sites is 1. The fraction of sp³-hybridized carbons (Fsp3) is 0.261. The molecule has 0 aliphatic heterocycles. The molecule has 0 spiro atoms. The van der Waals surface area contributed by atoms with Crippen molar-refractivity contribution < 1.29 is 23.9 Å². The van der Waals surface area contributed by atoms with Gasteiger partial charge in [-0.1, -0.05) is 30.3 Å². The quantitative estimate of drug-likeness (QED) is 0.551. The standard InChI is InChI=1S/C23H24N2O5S/c1-5-29-23(28)19-17-12-11-14(2)20(21(17)31-22(19)24-15(3)26)30-13-18(27)25(4)16-9-7-6-8-10-16/h6-12H,5,13H2,1-4H3,(H,24,26).